The van der Waals surface area contributed by atoms with Crippen LogP contribution in [0.4, 0.5) is 5.69 Å². The quantitative estimate of drug-likeness (QED) is 0.855. The number of nitrogens with zero attached hydrogens (tertiary/aromatic N) is 1. The molecule has 94 valence electrons. The minimum absolute atomic E-state index is 0.186. The van der Waals surface area contributed by atoms with Crippen LogP contribution in [-0.4, -0.2) is 30.0 Å². The third kappa shape index (κ3) is 3.17. The summed E-state index contributed by atoms with van der Waals surface area (Å²) in [7, 11) is 0. The number of hydrogen-bond acceptors (Lipinski definition) is 4. The van der Waals surface area contributed by atoms with Gasteiger partial charge in [-0.25, -0.2) is 0 Å². The first-order chi connectivity index (χ1) is 7.96. The number of aryl methyl sites for hydroxylation is 2. The Morgan fingerprint density at radius 1 is 1.24 bits per heavy atom. The summed E-state index contributed by atoms with van der Waals surface area (Å²) >= 11 is 0. The van der Waals surface area contributed by atoms with E-state index in [2.05, 4.69) is 16.4 Å². The predicted molar refractivity (Wildman–Crippen MR) is 67.1 cm³/mol. The van der Waals surface area contributed by atoms with Crippen molar-refractivity contribution in [1.82, 2.24) is 4.98 Å². The van der Waals surface area contributed by atoms with Crippen LogP contribution in [0.1, 0.15) is 25.2 Å². The smallest absolute Gasteiger partial charge is 0.162 e. The molecule has 1 fully saturated rings. The Morgan fingerprint density at radius 2 is 1.88 bits per heavy atom. The van der Waals surface area contributed by atoms with E-state index in [1.165, 1.54) is 0 Å². The first kappa shape index (κ1) is 12.3. The zero-order valence-corrected chi connectivity index (χ0v) is 10.9. The summed E-state index contributed by atoms with van der Waals surface area (Å²) in [5.74, 6) is -0.460. The monoisotopic (exact) mass is 236 g/mol. The zero-order valence-electron chi connectivity index (χ0n) is 10.9. The Labute approximate surface area is 102 Å². The molecule has 2 heterocycles. The lowest BCUT2D eigenvalue weighted by Crippen LogP contribution is -2.45. The number of ether oxygens (including phenoxy) is 2. The number of pyridine rings is 1. The van der Waals surface area contributed by atoms with Crippen molar-refractivity contribution in [2.24, 2.45) is 0 Å². The molecule has 1 saturated heterocycles. The van der Waals surface area contributed by atoms with E-state index in [4.69, 9.17) is 9.47 Å². The fraction of sp³-hybridized carbons (Fsp3) is 0.615. The molecule has 0 atom stereocenters. The van der Waals surface area contributed by atoms with Crippen LogP contribution in [0.3, 0.4) is 0 Å². The molecular formula is C13H20N2O2. The van der Waals surface area contributed by atoms with E-state index in [1.807, 2.05) is 33.8 Å². The molecule has 0 aliphatic carbocycles. The second-order valence-corrected chi connectivity index (χ2v) is 4.95. The first-order valence-electron chi connectivity index (χ1n) is 5.95. The SMILES string of the molecule is Cc1ccc(NC2COC(C)(C)OC2)c(C)n1. The largest absolute Gasteiger partial charge is 0.376 e. The van der Waals surface area contributed by atoms with E-state index in [0.29, 0.717) is 13.2 Å². The van der Waals surface area contributed by atoms with Gasteiger partial charge in [0.05, 0.1) is 30.6 Å². The maximum atomic E-state index is 5.61. The highest BCUT2D eigenvalue weighted by Gasteiger charge is 2.28. The van der Waals surface area contributed by atoms with Crippen molar-refractivity contribution in [3.63, 3.8) is 0 Å². The summed E-state index contributed by atoms with van der Waals surface area (Å²) < 4.78 is 11.2. The standard InChI is InChI=1S/C13H20N2O2/c1-9-5-6-12(10(2)14-9)15-11-7-16-13(3,4)17-8-11/h5-6,11,15H,7-8H2,1-4H3. The number of anilines is 1. The van der Waals surface area contributed by atoms with Gasteiger partial charge in [0.15, 0.2) is 5.79 Å². The Morgan fingerprint density at radius 3 is 2.47 bits per heavy atom. The molecule has 0 saturated carbocycles. The van der Waals surface area contributed by atoms with Crippen LogP contribution >= 0.6 is 0 Å². The van der Waals surface area contributed by atoms with Gasteiger partial charge in [-0.1, -0.05) is 0 Å². The van der Waals surface area contributed by atoms with Gasteiger partial charge in [0.1, 0.15) is 0 Å². The summed E-state index contributed by atoms with van der Waals surface area (Å²) in [5.41, 5.74) is 3.09. The fourth-order valence-corrected chi connectivity index (χ4v) is 1.83. The average Bonchev–Trinajstić information content (AvgIpc) is 2.25. The van der Waals surface area contributed by atoms with Crippen molar-refractivity contribution >= 4 is 5.69 Å². The van der Waals surface area contributed by atoms with Crippen molar-refractivity contribution in [2.45, 2.75) is 39.5 Å². The third-order valence-electron chi connectivity index (χ3n) is 2.85. The van der Waals surface area contributed by atoms with Gasteiger partial charge >= 0.3 is 0 Å². The number of hydrogen-bond donors (Lipinski definition) is 1. The van der Waals surface area contributed by atoms with Gasteiger partial charge in [0.2, 0.25) is 0 Å². The lowest BCUT2D eigenvalue weighted by Gasteiger charge is -2.35. The van der Waals surface area contributed by atoms with Crippen molar-refractivity contribution in [3.8, 4) is 0 Å². The van der Waals surface area contributed by atoms with Crippen molar-refractivity contribution in [1.29, 1.82) is 0 Å². The minimum atomic E-state index is -0.460. The molecule has 1 N–H and O–H groups in total. The van der Waals surface area contributed by atoms with E-state index in [0.717, 1.165) is 17.1 Å². The average molecular weight is 236 g/mol. The molecule has 4 nitrogen and oxygen atoms in total. The molecule has 0 spiro atoms. The summed E-state index contributed by atoms with van der Waals surface area (Å²) in [6.45, 7) is 9.17. The topological polar surface area (TPSA) is 43.4 Å². The molecular weight excluding hydrogens is 216 g/mol. The lowest BCUT2D eigenvalue weighted by atomic mass is 10.2. The molecule has 0 unspecified atom stereocenters. The van der Waals surface area contributed by atoms with Gasteiger partial charge in [-0.2, -0.15) is 0 Å². The Bertz CT molecular complexity index is 394. The number of nitrogens with one attached hydrogen (secondary N) is 1. The van der Waals surface area contributed by atoms with Gasteiger partial charge < -0.3 is 14.8 Å². The maximum absolute atomic E-state index is 5.61. The van der Waals surface area contributed by atoms with Crippen molar-refractivity contribution in [3.05, 3.63) is 23.5 Å². The second kappa shape index (κ2) is 4.63. The predicted octanol–water partition coefficient (Wildman–Crippen LogP) is 2.26. The zero-order chi connectivity index (χ0) is 12.5. The summed E-state index contributed by atoms with van der Waals surface area (Å²) in [5, 5.41) is 3.40. The van der Waals surface area contributed by atoms with Crippen LogP contribution in [0.2, 0.25) is 0 Å². The molecule has 17 heavy (non-hydrogen) atoms. The summed E-state index contributed by atoms with van der Waals surface area (Å²) in [6.07, 6.45) is 0. The molecule has 1 aromatic heterocycles. The molecule has 4 heteroatoms. The van der Waals surface area contributed by atoms with E-state index in [1.54, 1.807) is 0 Å². The highest BCUT2D eigenvalue weighted by Crippen LogP contribution is 2.20. The van der Waals surface area contributed by atoms with Gasteiger partial charge in [0.25, 0.3) is 0 Å². The van der Waals surface area contributed by atoms with Crippen LogP contribution in [0, 0.1) is 13.8 Å². The Hall–Kier alpha value is -1.13. The Balaban J connectivity index is 1.98. The van der Waals surface area contributed by atoms with Crippen LogP contribution < -0.4 is 5.32 Å². The van der Waals surface area contributed by atoms with E-state index >= 15 is 0 Å². The van der Waals surface area contributed by atoms with E-state index < -0.39 is 5.79 Å². The van der Waals surface area contributed by atoms with Crippen LogP contribution in [-0.2, 0) is 9.47 Å². The van der Waals surface area contributed by atoms with Gasteiger partial charge in [-0.15, -0.1) is 0 Å². The second-order valence-electron chi connectivity index (χ2n) is 4.95. The first-order valence-corrected chi connectivity index (χ1v) is 5.95. The lowest BCUT2D eigenvalue weighted by molar-refractivity contribution is -0.247. The molecule has 1 aromatic rings. The molecule has 1 aliphatic heterocycles. The summed E-state index contributed by atoms with van der Waals surface area (Å²) in [6, 6.07) is 4.24. The molecule has 0 radical (unpaired) electrons. The number of rotatable bonds is 2. The Kier molecular flexibility index (Phi) is 3.35. The van der Waals surface area contributed by atoms with Gasteiger partial charge in [0, 0.05) is 5.69 Å². The highest BCUT2D eigenvalue weighted by molar-refractivity contribution is 5.48. The van der Waals surface area contributed by atoms with Crippen molar-refractivity contribution < 1.29 is 9.47 Å². The van der Waals surface area contributed by atoms with Crippen LogP contribution in [0.25, 0.3) is 0 Å². The van der Waals surface area contributed by atoms with E-state index in [9.17, 15) is 0 Å². The van der Waals surface area contributed by atoms with Gasteiger partial charge in [-0.3, -0.25) is 4.98 Å². The fourth-order valence-electron chi connectivity index (χ4n) is 1.83. The van der Waals surface area contributed by atoms with E-state index in [-0.39, 0.29) is 6.04 Å². The maximum Gasteiger partial charge on any atom is 0.162 e. The molecule has 0 bridgehead atoms. The van der Waals surface area contributed by atoms with Crippen LogP contribution in [0.15, 0.2) is 12.1 Å². The molecule has 0 aromatic carbocycles. The summed E-state index contributed by atoms with van der Waals surface area (Å²) in [4.78, 5) is 4.42. The number of aromatic nitrogens is 1. The minimum Gasteiger partial charge on any atom is -0.376 e. The van der Waals surface area contributed by atoms with Gasteiger partial charge in [-0.05, 0) is 39.8 Å². The van der Waals surface area contributed by atoms with Crippen LogP contribution in [0.5, 0.6) is 0 Å². The third-order valence-corrected chi connectivity index (χ3v) is 2.85. The van der Waals surface area contributed by atoms with Crippen molar-refractivity contribution in [2.75, 3.05) is 18.5 Å². The highest BCUT2D eigenvalue weighted by atomic mass is 16.7. The normalized spacial score (nSPS) is 20.2. The molecule has 2 rings (SSSR count). The molecule has 1 aliphatic rings. The molecule has 0 amide bonds.